The third-order valence-electron chi connectivity index (χ3n) is 2.60. The molecule has 0 aliphatic heterocycles. The van der Waals surface area contributed by atoms with Crippen molar-refractivity contribution in [3.05, 3.63) is 47.5 Å². The fourth-order valence-electron chi connectivity index (χ4n) is 1.34. The standard InChI is InChI=1S/C16H18O2/c1-4-5-11-16(2,18-3)12-10-14-6-8-15(13-17)9-7-14/h5-9,11,13H,4H2,1-3H3/b11-5-. The summed E-state index contributed by atoms with van der Waals surface area (Å²) in [6.07, 6.45) is 5.77. The van der Waals surface area contributed by atoms with Gasteiger partial charge in [0, 0.05) is 18.2 Å². The van der Waals surface area contributed by atoms with E-state index in [2.05, 4.69) is 18.8 Å². The average Bonchev–Trinajstić information content (AvgIpc) is 2.43. The Labute approximate surface area is 109 Å². The number of aldehydes is 1. The number of rotatable bonds is 4. The third-order valence-corrected chi connectivity index (χ3v) is 2.60. The van der Waals surface area contributed by atoms with Gasteiger partial charge in [-0.2, -0.15) is 0 Å². The SMILES string of the molecule is CC/C=C\C(C)(C#Cc1ccc(C=O)cc1)OC. The Morgan fingerprint density at radius 3 is 2.50 bits per heavy atom. The molecule has 1 atom stereocenters. The molecule has 94 valence electrons. The second kappa shape index (κ2) is 6.78. The topological polar surface area (TPSA) is 26.3 Å². The van der Waals surface area contributed by atoms with Gasteiger partial charge in [0.1, 0.15) is 11.9 Å². The molecule has 1 aromatic rings. The van der Waals surface area contributed by atoms with Crippen LogP contribution in [0.5, 0.6) is 0 Å². The highest BCUT2D eigenvalue weighted by atomic mass is 16.5. The number of hydrogen-bond acceptors (Lipinski definition) is 2. The van der Waals surface area contributed by atoms with Crippen molar-refractivity contribution in [2.75, 3.05) is 7.11 Å². The largest absolute Gasteiger partial charge is 0.362 e. The normalized spacial score (nSPS) is 13.7. The van der Waals surface area contributed by atoms with Crippen molar-refractivity contribution in [1.29, 1.82) is 0 Å². The lowest BCUT2D eigenvalue weighted by atomic mass is 10.1. The van der Waals surface area contributed by atoms with Gasteiger partial charge in [-0.05, 0) is 31.6 Å². The Hall–Kier alpha value is -1.85. The summed E-state index contributed by atoms with van der Waals surface area (Å²) in [5.74, 6) is 6.14. The van der Waals surface area contributed by atoms with E-state index in [4.69, 9.17) is 4.74 Å². The monoisotopic (exact) mass is 242 g/mol. The first-order chi connectivity index (χ1) is 8.63. The summed E-state index contributed by atoms with van der Waals surface area (Å²) in [7, 11) is 1.64. The zero-order chi connectivity index (χ0) is 13.4. The van der Waals surface area contributed by atoms with E-state index < -0.39 is 5.60 Å². The van der Waals surface area contributed by atoms with Crippen LogP contribution in [0.2, 0.25) is 0 Å². The first-order valence-electron chi connectivity index (χ1n) is 5.95. The van der Waals surface area contributed by atoms with E-state index in [0.717, 1.165) is 18.3 Å². The minimum absolute atomic E-state index is 0.570. The number of benzene rings is 1. The summed E-state index contributed by atoms with van der Waals surface area (Å²) in [5, 5.41) is 0. The van der Waals surface area contributed by atoms with Crippen LogP contribution in [0.1, 0.15) is 36.2 Å². The van der Waals surface area contributed by atoms with E-state index >= 15 is 0 Å². The molecule has 0 radical (unpaired) electrons. The fourth-order valence-corrected chi connectivity index (χ4v) is 1.34. The molecule has 0 fully saturated rings. The van der Waals surface area contributed by atoms with Crippen LogP contribution in [0.3, 0.4) is 0 Å². The lowest BCUT2D eigenvalue weighted by Gasteiger charge is -2.16. The molecule has 0 amide bonds. The summed E-state index contributed by atoms with van der Waals surface area (Å²) in [4.78, 5) is 10.5. The van der Waals surface area contributed by atoms with Gasteiger partial charge in [-0.3, -0.25) is 4.79 Å². The number of methoxy groups -OCH3 is 1. The zero-order valence-corrected chi connectivity index (χ0v) is 11.1. The average molecular weight is 242 g/mol. The van der Waals surface area contributed by atoms with Gasteiger partial charge in [0.05, 0.1) is 0 Å². The van der Waals surface area contributed by atoms with Crippen molar-refractivity contribution in [2.24, 2.45) is 0 Å². The predicted molar refractivity (Wildman–Crippen MR) is 73.6 cm³/mol. The fraction of sp³-hybridized carbons (Fsp3) is 0.312. The molecule has 18 heavy (non-hydrogen) atoms. The Bertz CT molecular complexity index is 474. The van der Waals surface area contributed by atoms with Crippen molar-refractivity contribution >= 4 is 6.29 Å². The van der Waals surface area contributed by atoms with Crippen LogP contribution in [0.25, 0.3) is 0 Å². The van der Waals surface area contributed by atoms with Gasteiger partial charge in [-0.1, -0.05) is 37.0 Å². The zero-order valence-electron chi connectivity index (χ0n) is 11.1. The van der Waals surface area contributed by atoms with Crippen LogP contribution < -0.4 is 0 Å². The molecule has 0 heterocycles. The van der Waals surface area contributed by atoms with Gasteiger partial charge in [-0.25, -0.2) is 0 Å². The highest BCUT2D eigenvalue weighted by Gasteiger charge is 2.15. The highest BCUT2D eigenvalue weighted by Crippen LogP contribution is 2.11. The van der Waals surface area contributed by atoms with E-state index in [0.29, 0.717) is 5.56 Å². The Kier molecular flexibility index (Phi) is 5.35. The minimum Gasteiger partial charge on any atom is -0.362 e. The smallest absolute Gasteiger partial charge is 0.150 e. The molecule has 0 spiro atoms. The van der Waals surface area contributed by atoms with Gasteiger partial charge in [0.2, 0.25) is 0 Å². The van der Waals surface area contributed by atoms with Crippen LogP contribution in [-0.2, 0) is 4.74 Å². The van der Waals surface area contributed by atoms with Crippen molar-refractivity contribution in [3.63, 3.8) is 0 Å². The molecule has 0 aromatic heterocycles. The summed E-state index contributed by atoms with van der Waals surface area (Å²) >= 11 is 0. The number of hydrogen-bond donors (Lipinski definition) is 0. The molecule has 0 N–H and O–H groups in total. The van der Waals surface area contributed by atoms with Crippen LogP contribution in [0.4, 0.5) is 0 Å². The molecule has 0 saturated carbocycles. The minimum atomic E-state index is -0.570. The Morgan fingerprint density at radius 2 is 2.00 bits per heavy atom. The summed E-state index contributed by atoms with van der Waals surface area (Å²) in [6, 6.07) is 7.17. The van der Waals surface area contributed by atoms with Crippen LogP contribution >= 0.6 is 0 Å². The number of ether oxygens (including phenoxy) is 1. The molecular weight excluding hydrogens is 224 g/mol. The van der Waals surface area contributed by atoms with E-state index in [9.17, 15) is 4.79 Å². The van der Waals surface area contributed by atoms with Crippen molar-refractivity contribution < 1.29 is 9.53 Å². The second-order valence-electron chi connectivity index (χ2n) is 4.11. The molecule has 0 bridgehead atoms. The second-order valence-corrected chi connectivity index (χ2v) is 4.11. The van der Waals surface area contributed by atoms with Gasteiger partial charge in [-0.15, -0.1) is 0 Å². The van der Waals surface area contributed by atoms with E-state index in [1.165, 1.54) is 0 Å². The molecule has 2 heteroatoms. The molecule has 1 unspecified atom stereocenters. The summed E-state index contributed by atoms with van der Waals surface area (Å²) in [6.45, 7) is 3.99. The molecule has 2 nitrogen and oxygen atoms in total. The Balaban J connectivity index is 2.90. The highest BCUT2D eigenvalue weighted by molar-refractivity contribution is 5.74. The maximum absolute atomic E-state index is 10.5. The lowest BCUT2D eigenvalue weighted by molar-refractivity contribution is 0.0988. The molecule has 0 saturated heterocycles. The first kappa shape index (κ1) is 14.2. The van der Waals surface area contributed by atoms with Crippen molar-refractivity contribution in [2.45, 2.75) is 25.9 Å². The predicted octanol–water partition coefficient (Wildman–Crippen LogP) is 3.22. The van der Waals surface area contributed by atoms with Gasteiger partial charge < -0.3 is 4.74 Å². The van der Waals surface area contributed by atoms with Crippen LogP contribution in [0.15, 0.2) is 36.4 Å². The quantitative estimate of drug-likeness (QED) is 0.460. The van der Waals surface area contributed by atoms with Crippen LogP contribution in [0, 0.1) is 11.8 Å². The number of allylic oxidation sites excluding steroid dienone is 1. The van der Waals surface area contributed by atoms with Gasteiger partial charge in [0.25, 0.3) is 0 Å². The Morgan fingerprint density at radius 1 is 1.33 bits per heavy atom. The maximum Gasteiger partial charge on any atom is 0.150 e. The number of carbonyl (C=O) groups is 1. The van der Waals surface area contributed by atoms with E-state index in [-0.39, 0.29) is 0 Å². The lowest BCUT2D eigenvalue weighted by Crippen LogP contribution is -2.21. The van der Waals surface area contributed by atoms with Crippen molar-refractivity contribution in [1.82, 2.24) is 0 Å². The maximum atomic E-state index is 10.5. The van der Waals surface area contributed by atoms with E-state index in [1.54, 1.807) is 19.2 Å². The van der Waals surface area contributed by atoms with Crippen molar-refractivity contribution in [3.8, 4) is 11.8 Å². The molecule has 1 aromatic carbocycles. The van der Waals surface area contributed by atoms with E-state index in [1.807, 2.05) is 31.2 Å². The molecule has 0 aliphatic rings. The van der Waals surface area contributed by atoms with Gasteiger partial charge >= 0.3 is 0 Å². The summed E-state index contributed by atoms with van der Waals surface area (Å²) in [5.41, 5.74) is 0.953. The van der Waals surface area contributed by atoms with Crippen LogP contribution in [-0.4, -0.2) is 19.0 Å². The summed E-state index contributed by atoms with van der Waals surface area (Å²) < 4.78 is 5.39. The molecule has 1 rings (SSSR count). The molecule has 0 aliphatic carbocycles. The molecular formula is C16H18O2. The van der Waals surface area contributed by atoms with Gasteiger partial charge in [0.15, 0.2) is 0 Å². The third kappa shape index (κ3) is 4.20. The first-order valence-corrected chi connectivity index (χ1v) is 5.95. The number of carbonyl (C=O) groups excluding carboxylic acids is 1.